The second-order valence-electron chi connectivity index (χ2n) is 9.56. The van der Waals surface area contributed by atoms with Crippen LogP contribution in [0.25, 0.3) is 11.0 Å². The molecule has 0 aliphatic heterocycles. The molecule has 0 saturated carbocycles. The molecule has 4 rings (SSSR count). The normalized spacial score (nSPS) is 10.8. The zero-order valence-corrected chi connectivity index (χ0v) is 24.2. The number of carbonyl (C=O) groups excluding carboxylic acids is 2. The highest BCUT2D eigenvalue weighted by Crippen LogP contribution is 2.38. The third-order valence-corrected chi connectivity index (χ3v) is 7.00. The summed E-state index contributed by atoms with van der Waals surface area (Å²) >= 11 is 0. The number of nitrogens with one attached hydrogen (secondary N) is 1. The third kappa shape index (κ3) is 6.98. The molecule has 1 heterocycles. The van der Waals surface area contributed by atoms with Crippen LogP contribution in [0.1, 0.15) is 42.4 Å². The first kappa shape index (κ1) is 29.5. The summed E-state index contributed by atoms with van der Waals surface area (Å²) in [6, 6.07) is 20.9. The van der Waals surface area contributed by atoms with Gasteiger partial charge >= 0.3 is 0 Å². The summed E-state index contributed by atoms with van der Waals surface area (Å²) in [4.78, 5) is 32.8. The molecule has 0 bridgehead atoms. The lowest BCUT2D eigenvalue weighted by Gasteiger charge is -2.22. The third-order valence-electron chi connectivity index (χ3n) is 7.00. The van der Waals surface area contributed by atoms with Crippen molar-refractivity contribution in [2.24, 2.45) is 0 Å². The van der Waals surface area contributed by atoms with E-state index in [1.165, 1.54) is 21.3 Å². The molecule has 0 fully saturated rings. The van der Waals surface area contributed by atoms with E-state index in [0.29, 0.717) is 35.9 Å². The van der Waals surface area contributed by atoms with Crippen molar-refractivity contribution < 1.29 is 23.8 Å². The summed E-state index contributed by atoms with van der Waals surface area (Å²) in [5, 5.41) is 2.97. The van der Waals surface area contributed by atoms with Gasteiger partial charge in [0.25, 0.3) is 5.91 Å². The molecule has 9 nitrogen and oxygen atoms in total. The van der Waals surface area contributed by atoms with Gasteiger partial charge in [0.1, 0.15) is 12.4 Å². The maximum absolute atomic E-state index is 13.4. The summed E-state index contributed by atoms with van der Waals surface area (Å²) < 4.78 is 18.1. The number of ether oxygens (including phenoxy) is 3. The van der Waals surface area contributed by atoms with Crippen LogP contribution in [0, 0.1) is 0 Å². The van der Waals surface area contributed by atoms with Gasteiger partial charge < -0.3 is 29.0 Å². The molecule has 0 aliphatic carbocycles. The molecule has 0 saturated heterocycles. The average molecular weight is 559 g/mol. The number of imidazole rings is 1. The van der Waals surface area contributed by atoms with Crippen molar-refractivity contribution in [1.29, 1.82) is 0 Å². The molecule has 2 amide bonds. The molecule has 0 radical (unpaired) electrons. The van der Waals surface area contributed by atoms with Gasteiger partial charge in [-0.15, -0.1) is 0 Å². The second-order valence-corrected chi connectivity index (χ2v) is 9.56. The summed E-state index contributed by atoms with van der Waals surface area (Å²) in [7, 11) is 4.57. The highest BCUT2D eigenvalue weighted by molar-refractivity contribution is 5.96. The van der Waals surface area contributed by atoms with Gasteiger partial charge in [-0.3, -0.25) is 9.59 Å². The van der Waals surface area contributed by atoms with Crippen LogP contribution in [0.2, 0.25) is 0 Å². The van der Waals surface area contributed by atoms with E-state index in [2.05, 4.69) is 5.32 Å². The van der Waals surface area contributed by atoms with E-state index in [9.17, 15) is 9.59 Å². The number of likely N-dealkylation sites (N-methyl/N-ethyl adjacent to an activating group) is 1. The Hall–Kier alpha value is -4.53. The number of hydrogen-bond acceptors (Lipinski definition) is 6. The van der Waals surface area contributed by atoms with E-state index >= 15 is 0 Å². The Morgan fingerprint density at radius 1 is 0.878 bits per heavy atom. The largest absolute Gasteiger partial charge is 0.493 e. The number of aromatic nitrogens is 2. The SMILES string of the molecule is CCN(C(=O)Cn1c(CCCCCNC(=O)c2cc(OC)c(OC)c(OC)c2)nc2ccccc21)c1ccccc1. The zero-order chi connectivity index (χ0) is 29.2. The quantitative estimate of drug-likeness (QED) is 0.212. The number of benzene rings is 3. The molecule has 9 heteroatoms. The van der Waals surface area contributed by atoms with Gasteiger partial charge in [0, 0.05) is 30.8 Å². The van der Waals surface area contributed by atoms with Gasteiger partial charge in [-0.25, -0.2) is 4.98 Å². The van der Waals surface area contributed by atoms with Crippen LogP contribution in [0.15, 0.2) is 66.7 Å². The molecule has 0 unspecified atom stereocenters. The topological polar surface area (TPSA) is 94.9 Å². The van der Waals surface area contributed by atoms with Crippen LogP contribution in [0.5, 0.6) is 17.2 Å². The fraction of sp³-hybridized carbons (Fsp3) is 0.344. The number of anilines is 1. The number of rotatable bonds is 14. The summed E-state index contributed by atoms with van der Waals surface area (Å²) in [5.74, 6) is 2.03. The molecule has 3 aromatic carbocycles. The van der Waals surface area contributed by atoms with Crippen LogP contribution in [0.4, 0.5) is 5.69 Å². The van der Waals surface area contributed by atoms with Crippen molar-refractivity contribution in [3.8, 4) is 17.2 Å². The summed E-state index contributed by atoms with van der Waals surface area (Å²) in [5.41, 5.74) is 3.17. The van der Waals surface area contributed by atoms with Crippen molar-refractivity contribution in [1.82, 2.24) is 14.9 Å². The molecule has 41 heavy (non-hydrogen) atoms. The Morgan fingerprint density at radius 3 is 2.22 bits per heavy atom. The van der Waals surface area contributed by atoms with E-state index in [4.69, 9.17) is 19.2 Å². The van der Waals surface area contributed by atoms with E-state index in [0.717, 1.165) is 48.2 Å². The number of fused-ring (bicyclic) bond motifs is 1. The molecule has 4 aromatic rings. The predicted octanol–water partition coefficient (Wildman–Crippen LogP) is 5.26. The number of amides is 2. The number of para-hydroxylation sites is 3. The van der Waals surface area contributed by atoms with Crippen LogP contribution in [-0.2, 0) is 17.8 Å². The molecule has 0 atom stereocenters. The lowest BCUT2D eigenvalue weighted by Crippen LogP contribution is -2.34. The monoisotopic (exact) mass is 558 g/mol. The minimum atomic E-state index is -0.205. The van der Waals surface area contributed by atoms with Crippen LogP contribution >= 0.6 is 0 Å². The summed E-state index contributed by atoms with van der Waals surface area (Å²) in [6.07, 6.45) is 3.33. The number of aryl methyl sites for hydroxylation is 1. The second kappa shape index (κ2) is 14.2. The number of unbranched alkanes of at least 4 members (excludes halogenated alkanes) is 2. The minimum Gasteiger partial charge on any atom is -0.493 e. The van der Waals surface area contributed by atoms with Crippen molar-refractivity contribution in [3.05, 3.63) is 78.1 Å². The van der Waals surface area contributed by atoms with Crippen LogP contribution < -0.4 is 24.4 Å². The first-order valence-corrected chi connectivity index (χ1v) is 13.9. The molecule has 0 spiro atoms. The predicted molar refractivity (Wildman–Crippen MR) is 160 cm³/mol. The Bertz CT molecular complexity index is 1440. The van der Waals surface area contributed by atoms with Gasteiger partial charge in [0.05, 0.1) is 32.4 Å². The lowest BCUT2D eigenvalue weighted by molar-refractivity contribution is -0.119. The summed E-state index contributed by atoms with van der Waals surface area (Å²) in [6.45, 7) is 3.33. The molecule has 216 valence electrons. The van der Waals surface area contributed by atoms with E-state index < -0.39 is 0 Å². The number of methoxy groups -OCH3 is 3. The van der Waals surface area contributed by atoms with Gasteiger partial charge in [-0.2, -0.15) is 0 Å². The van der Waals surface area contributed by atoms with Gasteiger partial charge in [-0.05, 0) is 56.2 Å². The van der Waals surface area contributed by atoms with Gasteiger partial charge in [-0.1, -0.05) is 36.8 Å². The standard InChI is InChI=1S/C32H38N4O5/c1-5-35(24-14-8-6-9-15-24)30(37)22-36-26-17-12-11-16-25(26)34-29(36)18-10-7-13-19-33-32(38)23-20-27(39-2)31(41-4)28(21-23)40-3/h6,8-9,11-12,14-17,20-21H,5,7,10,13,18-19,22H2,1-4H3,(H,33,38). The Morgan fingerprint density at radius 2 is 1.56 bits per heavy atom. The minimum absolute atomic E-state index is 0.0256. The first-order chi connectivity index (χ1) is 20.0. The Kier molecular flexibility index (Phi) is 10.2. The van der Waals surface area contributed by atoms with Crippen LogP contribution in [-0.4, -0.2) is 55.8 Å². The van der Waals surface area contributed by atoms with Crippen LogP contribution in [0.3, 0.4) is 0 Å². The number of carbonyl (C=O) groups is 2. The first-order valence-electron chi connectivity index (χ1n) is 13.9. The average Bonchev–Trinajstić information content (AvgIpc) is 3.35. The van der Waals surface area contributed by atoms with Crippen molar-refractivity contribution in [2.45, 2.75) is 39.2 Å². The van der Waals surface area contributed by atoms with Gasteiger partial charge in [0.2, 0.25) is 11.7 Å². The molecule has 1 aromatic heterocycles. The Labute approximate surface area is 241 Å². The van der Waals surface area contributed by atoms with E-state index in [-0.39, 0.29) is 18.4 Å². The maximum Gasteiger partial charge on any atom is 0.251 e. The number of nitrogens with zero attached hydrogens (tertiary/aromatic N) is 3. The van der Waals surface area contributed by atoms with E-state index in [1.807, 2.05) is 66.1 Å². The highest BCUT2D eigenvalue weighted by atomic mass is 16.5. The lowest BCUT2D eigenvalue weighted by atomic mass is 10.1. The van der Waals surface area contributed by atoms with Crippen molar-refractivity contribution in [3.63, 3.8) is 0 Å². The molecule has 1 N–H and O–H groups in total. The highest BCUT2D eigenvalue weighted by Gasteiger charge is 2.19. The molecular formula is C32H38N4O5. The van der Waals surface area contributed by atoms with Crippen molar-refractivity contribution in [2.75, 3.05) is 39.3 Å². The smallest absolute Gasteiger partial charge is 0.251 e. The van der Waals surface area contributed by atoms with E-state index in [1.54, 1.807) is 17.0 Å². The number of hydrogen-bond donors (Lipinski definition) is 1. The fourth-order valence-corrected chi connectivity index (χ4v) is 4.93. The Balaban J connectivity index is 1.34. The fourth-order valence-electron chi connectivity index (χ4n) is 4.93. The molecule has 0 aliphatic rings. The maximum atomic E-state index is 13.4. The zero-order valence-electron chi connectivity index (χ0n) is 24.2. The van der Waals surface area contributed by atoms with Crippen molar-refractivity contribution >= 4 is 28.5 Å². The van der Waals surface area contributed by atoms with Gasteiger partial charge in [0.15, 0.2) is 11.5 Å². The molecular weight excluding hydrogens is 520 g/mol.